The molecule has 1 aromatic heterocycles. The number of nitrogens with one attached hydrogen (secondary N) is 1. The molecule has 4 heteroatoms. The van der Waals surface area contributed by atoms with E-state index in [2.05, 4.69) is 22.1 Å². The predicted molar refractivity (Wildman–Crippen MR) is 64.5 cm³/mol. The van der Waals surface area contributed by atoms with E-state index in [-0.39, 0.29) is 5.92 Å². The highest BCUT2D eigenvalue weighted by atomic mass is 16.5. The maximum Gasteiger partial charge on any atom is 0.104 e. The molecule has 0 aliphatic carbocycles. The third-order valence-corrected chi connectivity index (χ3v) is 2.75. The van der Waals surface area contributed by atoms with Crippen LogP contribution in [-0.4, -0.2) is 30.2 Å². The Hall–Kier alpha value is -1.39. The van der Waals surface area contributed by atoms with Crippen LogP contribution in [-0.2, 0) is 4.74 Å². The predicted octanol–water partition coefficient (Wildman–Crippen LogP) is 1.56. The van der Waals surface area contributed by atoms with E-state index >= 15 is 0 Å². The van der Waals surface area contributed by atoms with Crippen molar-refractivity contribution in [1.29, 1.82) is 0 Å². The van der Waals surface area contributed by atoms with Gasteiger partial charge in [-0.25, -0.2) is 4.98 Å². The molecule has 0 spiro atoms. The Morgan fingerprint density at radius 2 is 2.31 bits per heavy atom. The molecule has 0 aliphatic heterocycles. The van der Waals surface area contributed by atoms with E-state index in [1.54, 1.807) is 7.11 Å². The summed E-state index contributed by atoms with van der Waals surface area (Å²) in [5, 5.41) is 0. The molecule has 2 rings (SSSR count). The summed E-state index contributed by atoms with van der Waals surface area (Å²) >= 11 is 0. The Bertz CT molecular complexity index is 478. The van der Waals surface area contributed by atoms with Gasteiger partial charge in [0.25, 0.3) is 0 Å². The lowest BCUT2D eigenvalue weighted by Gasteiger charge is -2.13. The van der Waals surface area contributed by atoms with Crippen LogP contribution in [0.2, 0.25) is 0 Å². The Kier molecular flexibility index (Phi) is 3.22. The van der Waals surface area contributed by atoms with Crippen molar-refractivity contribution in [1.82, 2.24) is 9.97 Å². The van der Waals surface area contributed by atoms with Gasteiger partial charge in [0.05, 0.1) is 17.6 Å². The lowest BCUT2D eigenvalue weighted by Crippen LogP contribution is -2.17. The number of nitrogens with two attached hydrogens (primary N) is 1. The van der Waals surface area contributed by atoms with Gasteiger partial charge in [-0.3, -0.25) is 0 Å². The van der Waals surface area contributed by atoms with E-state index in [1.165, 1.54) is 5.56 Å². The number of nitrogens with zero attached hydrogens (tertiary/aromatic N) is 1. The third-order valence-electron chi connectivity index (χ3n) is 2.75. The summed E-state index contributed by atoms with van der Waals surface area (Å²) in [6.07, 6.45) is 0. The normalized spacial score (nSPS) is 13.2. The largest absolute Gasteiger partial charge is 0.384 e. The fourth-order valence-electron chi connectivity index (χ4n) is 1.91. The third kappa shape index (κ3) is 2.08. The van der Waals surface area contributed by atoms with Gasteiger partial charge in [0.15, 0.2) is 0 Å². The maximum absolute atomic E-state index is 5.73. The van der Waals surface area contributed by atoms with Gasteiger partial charge >= 0.3 is 0 Å². The van der Waals surface area contributed by atoms with Crippen LogP contribution in [0.1, 0.15) is 17.3 Å². The first-order valence-electron chi connectivity index (χ1n) is 5.40. The summed E-state index contributed by atoms with van der Waals surface area (Å²) in [4.78, 5) is 7.59. The number of H-pyrrole nitrogens is 1. The van der Waals surface area contributed by atoms with E-state index in [9.17, 15) is 0 Å². The Morgan fingerprint density at radius 3 is 3.00 bits per heavy atom. The van der Waals surface area contributed by atoms with Crippen molar-refractivity contribution in [3.05, 3.63) is 29.6 Å². The van der Waals surface area contributed by atoms with E-state index in [4.69, 9.17) is 10.5 Å². The van der Waals surface area contributed by atoms with Gasteiger partial charge in [0, 0.05) is 19.6 Å². The molecular weight excluding hydrogens is 202 g/mol. The summed E-state index contributed by atoms with van der Waals surface area (Å²) in [5.74, 6) is 1.18. The number of methoxy groups -OCH3 is 1. The molecule has 1 aromatic carbocycles. The standard InChI is InChI=1S/C12H17N3O/c1-8-14-11-4-3-9(5-12(11)15-8)10(6-13)7-16-2/h3-5,10H,6-7,13H2,1-2H3,(H,14,15). The summed E-state index contributed by atoms with van der Waals surface area (Å²) in [5.41, 5.74) is 8.98. The molecule has 86 valence electrons. The molecule has 16 heavy (non-hydrogen) atoms. The molecule has 0 aliphatic rings. The van der Waals surface area contributed by atoms with Crippen LogP contribution in [0.3, 0.4) is 0 Å². The number of benzene rings is 1. The lowest BCUT2D eigenvalue weighted by molar-refractivity contribution is 0.181. The van der Waals surface area contributed by atoms with Gasteiger partial charge in [-0.2, -0.15) is 0 Å². The molecule has 1 unspecified atom stereocenters. The first-order valence-corrected chi connectivity index (χ1v) is 5.40. The van der Waals surface area contributed by atoms with Gasteiger partial charge < -0.3 is 15.5 Å². The summed E-state index contributed by atoms with van der Waals surface area (Å²) in [7, 11) is 1.70. The van der Waals surface area contributed by atoms with Crippen LogP contribution in [0.4, 0.5) is 0 Å². The number of fused-ring (bicyclic) bond motifs is 1. The highest BCUT2D eigenvalue weighted by Crippen LogP contribution is 2.20. The van der Waals surface area contributed by atoms with Gasteiger partial charge in [-0.05, 0) is 24.6 Å². The number of hydrogen-bond donors (Lipinski definition) is 2. The highest BCUT2D eigenvalue weighted by Gasteiger charge is 2.10. The van der Waals surface area contributed by atoms with Crippen LogP contribution in [0.5, 0.6) is 0 Å². The number of aryl methyl sites for hydroxylation is 1. The van der Waals surface area contributed by atoms with E-state index < -0.39 is 0 Å². The number of rotatable bonds is 4. The zero-order chi connectivity index (χ0) is 11.5. The Morgan fingerprint density at radius 1 is 1.50 bits per heavy atom. The van der Waals surface area contributed by atoms with Crippen molar-refractivity contribution in [3.8, 4) is 0 Å². The first-order chi connectivity index (χ1) is 7.74. The van der Waals surface area contributed by atoms with Gasteiger partial charge in [0.1, 0.15) is 5.82 Å². The SMILES string of the molecule is COCC(CN)c1ccc2nc(C)[nH]c2c1. The highest BCUT2D eigenvalue weighted by molar-refractivity contribution is 5.76. The maximum atomic E-state index is 5.73. The van der Waals surface area contributed by atoms with E-state index in [0.717, 1.165) is 16.9 Å². The van der Waals surface area contributed by atoms with Crippen LogP contribution >= 0.6 is 0 Å². The van der Waals surface area contributed by atoms with Gasteiger partial charge in [-0.15, -0.1) is 0 Å². The minimum atomic E-state index is 0.248. The number of ether oxygens (including phenoxy) is 1. The molecule has 0 bridgehead atoms. The molecule has 0 fully saturated rings. The molecule has 0 amide bonds. The zero-order valence-corrected chi connectivity index (χ0v) is 9.66. The van der Waals surface area contributed by atoms with Crippen molar-refractivity contribution < 1.29 is 4.74 Å². The number of aromatic nitrogens is 2. The molecule has 4 nitrogen and oxygen atoms in total. The average Bonchev–Trinajstić information content (AvgIpc) is 2.64. The summed E-state index contributed by atoms with van der Waals surface area (Å²) in [6.45, 7) is 3.19. The van der Waals surface area contributed by atoms with Gasteiger partial charge in [-0.1, -0.05) is 6.07 Å². The first kappa shape index (κ1) is 11.1. The summed E-state index contributed by atoms with van der Waals surface area (Å²) < 4.78 is 5.16. The summed E-state index contributed by atoms with van der Waals surface area (Å²) in [6, 6.07) is 6.19. The smallest absolute Gasteiger partial charge is 0.104 e. The topological polar surface area (TPSA) is 63.9 Å². The Balaban J connectivity index is 2.36. The molecule has 3 N–H and O–H groups in total. The molecule has 0 radical (unpaired) electrons. The molecular formula is C12H17N3O. The number of imidazole rings is 1. The molecule has 0 saturated heterocycles. The van der Waals surface area contributed by atoms with Crippen molar-refractivity contribution in [2.45, 2.75) is 12.8 Å². The minimum Gasteiger partial charge on any atom is -0.384 e. The van der Waals surface area contributed by atoms with Crippen molar-refractivity contribution in [2.75, 3.05) is 20.3 Å². The van der Waals surface area contributed by atoms with E-state index in [0.29, 0.717) is 13.2 Å². The van der Waals surface area contributed by atoms with Crippen molar-refractivity contribution in [3.63, 3.8) is 0 Å². The Labute approximate surface area is 94.8 Å². The van der Waals surface area contributed by atoms with Crippen molar-refractivity contribution >= 4 is 11.0 Å². The second-order valence-corrected chi connectivity index (χ2v) is 3.99. The van der Waals surface area contributed by atoms with Crippen LogP contribution < -0.4 is 5.73 Å². The second-order valence-electron chi connectivity index (χ2n) is 3.99. The van der Waals surface area contributed by atoms with Gasteiger partial charge in [0.2, 0.25) is 0 Å². The molecule has 1 heterocycles. The fourth-order valence-corrected chi connectivity index (χ4v) is 1.91. The van der Waals surface area contributed by atoms with Crippen molar-refractivity contribution in [2.24, 2.45) is 5.73 Å². The van der Waals surface area contributed by atoms with Crippen LogP contribution in [0, 0.1) is 6.92 Å². The second kappa shape index (κ2) is 4.63. The molecule has 0 saturated carbocycles. The zero-order valence-electron chi connectivity index (χ0n) is 9.66. The van der Waals surface area contributed by atoms with E-state index in [1.807, 2.05) is 13.0 Å². The monoisotopic (exact) mass is 219 g/mol. The fraction of sp³-hybridized carbons (Fsp3) is 0.417. The average molecular weight is 219 g/mol. The number of hydrogen-bond acceptors (Lipinski definition) is 3. The van der Waals surface area contributed by atoms with Crippen LogP contribution in [0.15, 0.2) is 18.2 Å². The van der Waals surface area contributed by atoms with Crippen LogP contribution in [0.25, 0.3) is 11.0 Å². The number of aromatic amines is 1. The lowest BCUT2D eigenvalue weighted by atomic mass is 10.00. The quantitative estimate of drug-likeness (QED) is 0.820. The molecule has 2 aromatic rings. The molecule has 1 atom stereocenters. The minimum absolute atomic E-state index is 0.248.